The normalized spacial score (nSPS) is 14.4. The van der Waals surface area contributed by atoms with E-state index in [9.17, 15) is 14.4 Å². The zero-order valence-electron chi connectivity index (χ0n) is 12.0. The lowest BCUT2D eigenvalue weighted by Crippen LogP contribution is -2.45. The monoisotopic (exact) mass is 353 g/mol. The molecule has 0 bridgehead atoms. The number of carbonyl (C=O) groups is 3. The van der Waals surface area contributed by atoms with Gasteiger partial charge in [0.2, 0.25) is 0 Å². The molecule has 0 unspecified atom stereocenters. The van der Waals surface area contributed by atoms with Gasteiger partial charge in [0.1, 0.15) is 6.54 Å². The van der Waals surface area contributed by atoms with Crippen molar-refractivity contribution in [2.45, 2.75) is 6.04 Å². The van der Waals surface area contributed by atoms with Crippen LogP contribution in [0.25, 0.3) is 0 Å². The third-order valence-corrected chi connectivity index (χ3v) is 3.55. The van der Waals surface area contributed by atoms with Crippen molar-refractivity contribution in [2.24, 2.45) is 0 Å². The predicted molar refractivity (Wildman–Crippen MR) is 88.8 cm³/mol. The molecule has 6 nitrogen and oxygen atoms in total. The van der Waals surface area contributed by atoms with Gasteiger partial charge < -0.3 is 5.32 Å². The Kier molecular flexibility index (Phi) is 5.08. The summed E-state index contributed by atoms with van der Waals surface area (Å²) in [6.07, 6.45) is 2.89. The molecule has 0 atom stereocenters. The van der Waals surface area contributed by atoms with Crippen LogP contribution in [0.3, 0.4) is 0 Å². The van der Waals surface area contributed by atoms with Crippen LogP contribution in [0.2, 0.25) is 10.0 Å². The summed E-state index contributed by atoms with van der Waals surface area (Å²) >= 11 is 11.8. The highest BCUT2D eigenvalue weighted by Crippen LogP contribution is 2.28. The van der Waals surface area contributed by atoms with E-state index in [0.29, 0.717) is 0 Å². The van der Waals surface area contributed by atoms with E-state index in [2.05, 4.69) is 18.5 Å². The summed E-state index contributed by atoms with van der Waals surface area (Å²) in [5.74, 6) is -0.558. The second-order valence-electron chi connectivity index (χ2n) is 4.67. The molecular formula is C15H13Cl2N3O3. The van der Waals surface area contributed by atoms with Gasteiger partial charge in [-0.15, -0.1) is 13.2 Å². The summed E-state index contributed by atoms with van der Waals surface area (Å²) in [5.41, 5.74) is 0.205. The van der Waals surface area contributed by atoms with Gasteiger partial charge in [-0.05, 0) is 18.2 Å². The van der Waals surface area contributed by atoms with Crippen LogP contribution < -0.4 is 10.2 Å². The van der Waals surface area contributed by atoms with E-state index >= 15 is 0 Å². The third kappa shape index (κ3) is 3.55. The molecule has 8 heteroatoms. The molecule has 1 aromatic rings. The summed E-state index contributed by atoms with van der Waals surface area (Å²) in [7, 11) is 0. The van der Waals surface area contributed by atoms with Gasteiger partial charge in [0.25, 0.3) is 5.91 Å². The average Bonchev–Trinajstić information content (AvgIpc) is 2.78. The van der Waals surface area contributed by atoms with Crippen LogP contribution in [0.15, 0.2) is 43.5 Å². The highest BCUT2D eigenvalue weighted by atomic mass is 35.5. The number of anilines is 1. The zero-order valence-corrected chi connectivity index (χ0v) is 13.5. The number of rotatable bonds is 4. The number of imide groups is 2. The van der Waals surface area contributed by atoms with E-state index in [1.165, 1.54) is 30.4 Å². The number of benzene rings is 1. The minimum absolute atomic E-state index is 0.205. The number of halogens is 2. The first-order chi connectivity index (χ1) is 10.9. The van der Waals surface area contributed by atoms with Crippen molar-refractivity contribution < 1.29 is 14.4 Å². The van der Waals surface area contributed by atoms with Crippen molar-refractivity contribution in [1.82, 2.24) is 10.2 Å². The lowest BCUT2D eigenvalue weighted by atomic mass is 10.3. The van der Waals surface area contributed by atoms with E-state index in [1.54, 1.807) is 0 Å². The fourth-order valence-electron chi connectivity index (χ4n) is 2.02. The SMILES string of the molecule is C=CC(C=C)NC(=O)N1CC(=O)N(c2cc(Cl)cc(Cl)c2)C1=O. The number of hydrogen-bond acceptors (Lipinski definition) is 3. The smallest absolute Gasteiger partial charge is 0.328 e. The number of amides is 5. The molecule has 23 heavy (non-hydrogen) atoms. The molecule has 0 aromatic heterocycles. The van der Waals surface area contributed by atoms with Gasteiger partial charge in [-0.1, -0.05) is 35.4 Å². The second kappa shape index (κ2) is 6.85. The minimum Gasteiger partial charge on any atom is -0.328 e. The molecule has 1 N–H and O–H groups in total. The van der Waals surface area contributed by atoms with Crippen molar-refractivity contribution in [2.75, 3.05) is 11.4 Å². The molecule has 1 aliphatic heterocycles. The van der Waals surface area contributed by atoms with Crippen LogP contribution in [0.5, 0.6) is 0 Å². The first-order valence-corrected chi connectivity index (χ1v) is 7.29. The van der Waals surface area contributed by atoms with Crippen molar-refractivity contribution in [3.05, 3.63) is 53.6 Å². The Balaban J connectivity index is 2.24. The van der Waals surface area contributed by atoms with Crippen molar-refractivity contribution in [1.29, 1.82) is 0 Å². The molecular weight excluding hydrogens is 341 g/mol. The van der Waals surface area contributed by atoms with Gasteiger partial charge in [-0.3, -0.25) is 4.79 Å². The average molecular weight is 354 g/mol. The molecule has 2 rings (SSSR count). The summed E-state index contributed by atoms with van der Waals surface area (Å²) in [6.45, 7) is 6.68. The molecule has 1 aliphatic rings. The zero-order chi connectivity index (χ0) is 17.1. The Bertz CT molecular complexity index is 677. The highest BCUT2D eigenvalue weighted by molar-refractivity contribution is 6.35. The van der Waals surface area contributed by atoms with Crippen molar-refractivity contribution in [3.8, 4) is 0 Å². The maximum absolute atomic E-state index is 12.4. The minimum atomic E-state index is -0.780. The molecule has 1 fully saturated rings. The molecule has 1 saturated heterocycles. The van der Waals surface area contributed by atoms with Crippen molar-refractivity contribution >= 4 is 46.9 Å². The van der Waals surface area contributed by atoms with Gasteiger partial charge in [0.15, 0.2) is 0 Å². The quantitative estimate of drug-likeness (QED) is 0.667. The molecule has 5 amide bonds. The van der Waals surface area contributed by atoms with E-state index in [4.69, 9.17) is 23.2 Å². The van der Waals surface area contributed by atoms with Crippen LogP contribution >= 0.6 is 23.2 Å². The Morgan fingerprint density at radius 3 is 2.26 bits per heavy atom. The summed E-state index contributed by atoms with van der Waals surface area (Å²) < 4.78 is 0. The van der Waals surface area contributed by atoms with Crippen molar-refractivity contribution in [3.63, 3.8) is 0 Å². The maximum atomic E-state index is 12.4. The third-order valence-electron chi connectivity index (χ3n) is 3.11. The van der Waals surface area contributed by atoms with E-state index in [1.807, 2.05) is 0 Å². The van der Waals surface area contributed by atoms with Gasteiger partial charge >= 0.3 is 12.1 Å². The molecule has 0 aliphatic carbocycles. The number of nitrogens with one attached hydrogen (secondary N) is 1. The Morgan fingerprint density at radius 2 is 1.74 bits per heavy atom. The lowest BCUT2D eigenvalue weighted by molar-refractivity contribution is -0.116. The van der Waals surface area contributed by atoms with E-state index in [0.717, 1.165) is 9.80 Å². The molecule has 0 saturated carbocycles. The van der Waals surface area contributed by atoms with Gasteiger partial charge in [0.05, 0.1) is 11.7 Å². The molecule has 0 radical (unpaired) electrons. The predicted octanol–water partition coefficient (Wildman–Crippen LogP) is 3.21. The highest BCUT2D eigenvalue weighted by Gasteiger charge is 2.41. The largest absolute Gasteiger partial charge is 0.340 e. The Morgan fingerprint density at radius 1 is 1.17 bits per heavy atom. The summed E-state index contributed by atoms with van der Waals surface area (Å²) in [6, 6.07) is 2.30. The van der Waals surface area contributed by atoms with Gasteiger partial charge in [0, 0.05) is 10.0 Å². The van der Waals surface area contributed by atoms with Crippen LogP contribution in [0.1, 0.15) is 0 Å². The Labute approximate surface area is 142 Å². The molecule has 1 heterocycles. The van der Waals surface area contributed by atoms with Gasteiger partial charge in [-0.25, -0.2) is 19.4 Å². The molecule has 120 valence electrons. The molecule has 1 aromatic carbocycles. The molecule has 0 spiro atoms. The number of hydrogen-bond donors (Lipinski definition) is 1. The first-order valence-electron chi connectivity index (χ1n) is 6.53. The van der Waals surface area contributed by atoms with Crippen LogP contribution in [0.4, 0.5) is 15.3 Å². The summed E-state index contributed by atoms with van der Waals surface area (Å²) in [4.78, 5) is 38.2. The fraction of sp³-hybridized carbons (Fsp3) is 0.133. The maximum Gasteiger partial charge on any atom is 0.340 e. The number of urea groups is 2. The topological polar surface area (TPSA) is 69.7 Å². The van der Waals surface area contributed by atoms with E-state index in [-0.39, 0.29) is 22.3 Å². The number of carbonyl (C=O) groups excluding carboxylic acids is 3. The standard InChI is InChI=1S/C15H13Cl2N3O3/c1-3-11(4-2)18-14(22)19-8-13(21)20(15(19)23)12-6-9(16)5-10(17)7-12/h3-7,11H,1-2,8H2,(H,18,22). The van der Waals surface area contributed by atoms with Gasteiger partial charge in [-0.2, -0.15) is 0 Å². The lowest BCUT2D eigenvalue weighted by Gasteiger charge is -2.18. The van der Waals surface area contributed by atoms with Crippen LogP contribution in [-0.2, 0) is 4.79 Å². The summed E-state index contributed by atoms with van der Waals surface area (Å²) in [5, 5.41) is 3.05. The van der Waals surface area contributed by atoms with Crippen LogP contribution in [-0.4, -0.2) is 35.5 Å². The van der Waals surface area contributed by atoms with Crippen LogP contribution in [0, 0.1) is 0 Å². The second-order valence-corrected chi connectivity index (χ2v) is 5.55. The van der Waals surface area contributed by atoms with E-state index < -0.39 is 24.0 Å². The first kappa shape index (κ1) is 17.1. The Hall–Kier alpha value is -2.31. The fourth-order valence-corrected chi connectivity index (χ4v) is 2.53. The number of nitrogens with zero attached hydrogens (tertiary/aromatic N) is 2.